The summed E-state index contributed by atoms with van der Waals surface area (Å²) >= 11 is 0. The van der Waals surface area contributed by atoms with E-state index in [0.717, 1.165) is 11.4 Å². The first-order chi connectivity index (χ1) is 8.19. The highest BCUT2D eigenvalue weighted by Gasteiger charge is 2.02. The first-order valence-corrected chi connectivity index (χ1v) is 5.23. The minimum Gasteiger partial charge on any atom is -0.357 e. The highest BCUT2D eigenvalue weighted by Crippen LogP contribution is 2.00. The zero-order valence-corrected chi connectivity index (χ0v) is 9.71. The maximum absolute atomic E-state index is 11.6. The molecule has 0 aromatic carbocycles. The van der Waals surface area contributed by atoms with Crippen LogP contribution in [0.5, 0.6) is 0 Å². The lowest BCUT2D eigenvalue weighted by Crippen LogP contribution is -2.23. The van der Waals surface area contributed by atoms with Gasteiger partial charge < -0.3 is 5.32 Å². The van der Waals surface area contributed by atoms with Gasteiger partial charge in [-0.1, -0.05) is 0 Å². The third-order valence-corrected chi connectivity index (χ3v) is 2.25. The standard InChI is InChI=1S/C11H13N5O/c1-8-3-4-10(17)16(15-8)7-9-5-6-13-11(12-2)14-9/h3-6H,7H2,1-2H3,(H,12,13,14). The van der Waals surface area contributed by atoms with Gasteiger partial charge in [0.25, 0.3) is 5.56 Å². The van der Waals surface area contributed by atoms with Gasteiger partial charge in [0.2, 0.25) is 5.95 Å². The van der Waals surface area contributed by atoms with Crippen molar-refractivity contribution in [2.75, 3.05) is 12.4 Å². The summed E-state index contributed by atoms with van der Waals surface area (Å²) in [6, 6.07) is 4.96. The van der Waals surface area contributed by atoms with Gasteiger partial charge in [0.05, 0.1) is 17.9 Å². The van der Waals surface area contributed by atoms with E-state index in [0.29, 0.717) is 12.5 Å². The summed E-state index contributed by atoms with van der Waals surface area (Å²) < 4.78 is 1.39. The van der Waals surface area contributed by atoms with Gasteiger partial charge in [-0.05, 0) is 19.1 Å². The number of nitrogens with zero attached hydrogens (tertiary/aromatic N) is 4. The molecule has 6 nitrogen and oxygen atoms in total. The number of anilines is 1. The Balaban J connectivity index is 2.31. The zero-order chi connectivity index (χ0) is 12.3. The quantitative estimate of drug-likeness (QED) is 0.829. The molecule has 88 valence electrons. The van der Waals surface area contributed by atoms with Gasteiger partial charge in [-0.2, -0.15) is 5.10 Å². The van der Waals surface area contributed by atoms with E-state index in [1.807, 2.05) is 6.92 Å². The van der Waals surface area contributed by atoms with E-state index in [-0.39, 0.29) is 5.56 Å². The molecular formula is C11H13N5O. The van der Waals surface area contributed by atoms with Crippen LogP contribution in [0, 0.1) is 6.92 Å². The van der Waals surface area contributed by atoms with Crippen molar-refractivity contribution in [2.45, 2.75) is 13.5 Å². The molecule has 17 heavy (non-hydrogen) atoms. The maximum atomic E-state index is 11.6. The van der Waals surface area contributed by atoms with Gasteiger partial charge in [-0.15, -0.1) is 0 Å². The molecule has 6 heteroatoms. The predicted molar refractivity (Wildman–Crippen MR) is 63.9 cm³/mol. The summed E-state index contributed by atoms with van der Waals surface area (Å²) in [4.78, 5) is 19.8. The maximum Gasteiger partial charge on any atom is 0.267 e. The molecule has 0 fully saturated rings. The molecule has 0 aliphatic rings. The fraction of sp³-hybridized carbons (Fsp3) is 0.273. The molecule has 0 bridgehead atoms. The van der Waals surface area contributed by atoms with Crippen molar-refractivity contribution in [3.63, 3.8) is 0 Å². The summed E-state index contributed by atoms with van der Waals surface area (Å²) in [7, 11) is 1.75. The fourth-order valence-electron chi connectivity index (χ4n) is 1.42. The van der Waals surface area contributed by atoms with Crippen LogP contribution in [-0.4, -0.2) is 26.8 Å². The monoisotopic (exact) mass is 231 g/mol. The molecule has 0 spiro atoms. The van der Waals surface area contributed by atoms with Crippen molar-refractivity contribution in [1.29, 1.82) is 0 Å². The van der Waals surface area contributed by atoms with Crippen molar-refractivity contribution < 1.29 is 0 Å². The Hall–Kier alpha value is -2.24. The van der Waals surface area contributed by atoms with Gasteiger partial charge in [0, 0.05) is 19.3 Å². The minimum atomic E-state index is -0.139. The minimum absolute atomic E-state index is 0.139. The second kappa shape index (κ2) is 4.73. The van der Waals surface area contributed by atoms with E-state index in [4.69, 9.17) is 0 Å². The highest BCUT2D eigenvalue weighted by molar-refractivity contribution is 5.23. The Morgan fingerprint density at radius 1 is 1.35 bits per heavy atom. The Labute approximate surface area is 98.4 Å². The van der Waals surface area contributed by atoms with Crippen molar-refractivity contribution in [1.82, 2.24) is 19.7 Å². The predicted octanol–water partition coefficient (Wildman–Crippen LogP) is 0.432. The molecule has 0 amide bonds. The molecule has 1 N–H and O–H groups in total. The summed E-state index contributed by atoms with van der Waals surface area (Å²) in [6.07, 6.45) is 1.65. The molecule has 0 aliphatic carbocycles. The first-order valence-electron chi connectivity index (χ1n) is 5.23. The molecule has 2 rings (SSSR count). The normalized spacial score (nSPS) is 10.2. The van der Waals surface area contributed by atoms with Crippen LogP contribution in [0.15, 0.2) is 29.2 Å². The van der Waals surface area contributed by atoms with Crippen molar-refractivity contribution in [3.8, 4) is 0 Å². The summed E-state index contributed by atoms with van der Waals surface area (Å²) in [5.74, 6) is 0.531. The summed E-state index contributed by atoms with van der Waals surface area (Å²) in [6.45, 7) is 2.19. The van der Waals surface area contributed by atoms with Gasteiger partial charge in [0.15, 0.2) is 0 Å². The van der Waals surface area contributed by atoms with E-state index in [9.17, 15) is 4.79 Å². The second-order valence-electron chi connectivity index (χ2n) is 3.59. The van der Waals surface area contributed by atoms with Crippen LogP contribution in [0.25, 0.3) is 0 Å². The molecule has 0 aliphatic heterocycles. The summed E-state index contributed by atoms with van der Waals surface area (Å²) in [5, 5.41) is 7.00. The van der Waals surface area contributed by atoms with E-state index in [1.54, 1.807) is 25.4 Å². The number of rotatable bonds is 3. The molecule has 0 atom stereocenters. The van der Waals surface area contributed by atoms with Gasteiger partial charge >= 0.3 is 0 Å². The van der Waals surface area contributed by atoms with E-state index >= 15 is 0 Å². The zero-order valence-electron chi connectivity index (χ0n) is 9.71. The number of nitrogens with one attached hydrogen (secondary N) is 1. The third kappa shape index (κ3) is 2.66. The third-order valence-electron chi connectivity index (χ3n) is 2.25. The average molecular weight is 231 g/mol. The van der Waals surface area contributed by atoms with Crippen LogP contribution in [0.3, 0.4) is 0 Å². The van der Waals surface area contributed by atoms with Gasteiger partial charge in [0.1, 0.15) is 0 Å². The lowest BCUT2D eigenvalue weighted by Gasteiger charge is -2.05. The van der Waals surface area contributed by atoms with Crippen molar-refractivity contribution in [3.05, 3.63) is 46.1 Å². The Kier molecular flexibility index (Phi) is 3.13. The van der Waals surface area contributed by atoms with Gasteiger partial charge in [-0.25, -0.2) is 14.6 Å². The van der Waals surface area contributed by atoms with E-state index in [2.05, 4.69) is 20.4 Å². The Bertz CT molecular complexity index is 578. The lowest BCUT2D eigenvalue weighted by atomic mass is 10.4. The molecule has 0 radical (unpaired) electrons. The first kappa shape index (κ1) is 11.3. The topological polar surface area (TPSA) is 72.7 Å². The summed E-state index contributed by atoms with van der Waals surface area (Å²) in [5.41, 5.74) is 1.40. The second-order valence-corrected chi connectivity index (χ2v) is 3.59. The largest absolute Gasteiger partial charge is 0.357 e. The van der Waals surface area contributed by atoms with Crippen LogP contribution in [0.1, 0.15) is 11.4 Å². The van der Waals surface area contributed by atoms with Gasteiger partial charge in [-0.3, -0.25) is 4.79 Å². The number of hydrogen-bond donors (Lipinski definition) is 1. The SMILES string of the molecule is CNc1nccc(Cn2nc(C)ccc2=O)n1. The van der Waals surface area contributed by atoms with E-state index < -0.39 is 0 Å². The molecule has 2 aromatic heterocycles. The Morgan fingerprint density at radius 3 is 2.94 bits per heavy atom. The smallest absolute Gasteiger partial charge is 0.267 e. The fourth-order valence-corrected chi connectivity index (χ4v) is 1.42. The van der Waals surface area contributed by atoms with Crippen LogP contribution >= 0.6 is 0 Å². The van der Waals surface area contributed by atoms with Crippen LogP contribution in [-0.2, 0) is 6.54 Å². The molecule has 0 saturated carbocycles. The molecule has 0 saturated heterocycles. The van der Waals surface area contributed by atoms with Crippen LogP contribution < -0.4 is 10.9 Å². The number of aromatic nitrogens is 4. The number of hydrogen-bond acceptors (Lipinski definition) is 5. The van der Waals surface area contributed by atoms with Crippen molar-refractivity contribution in [2.24, 2.45) is 0 Å². The molecule has 2 heterocycles. The average Bonchev–Trinajstić information content (AvgIpc) is 2.34. The number of aryl methyl sites for hydroxylation is 1. The van der Waals surface area contributed by atoms with Crippen molar-refractivity contribution >= 4 is 5.95 Å². The lowest BCUT2D eigenvalue weighted by molar-refractivity contribution is 0.617. The van der Waals surface area contributed by atoms with E-state index in [1.165, 1.54) is 10.7 Å². The van der Waals surface area contributed by atoms with Crippen LogP contribution in [0.2, 0.25) is 0 Å². The molecular weight excluding hydrogens is 218 g/mol. The highest BCUT2D eigenvalue weighted by atomic mass is 16.1. The molecule has 2 aromatic rings. The molecule has 0 unspecified atom stereocenters. The Morgan fingerprint density at radius 2 is 2.18 bits per heavy atom. The van der Waals surface area contributed by atoms with Crippen LogP contribution in [0.4, 0.5) is 5.95 Å².